The summed E-state index contributed by atoms with van der Waals surface area (Å²) in [4.78, 5) is 11.5. The second-order valence-electron chi connectivity index (χ2n) is 5.46. The first-order valence-electron chi connectivity index (χ1n) is 6.68. The topological polar surface area (TPSA) is 46.5 Å². The molecule has 0 radical (unpaired) electrons. The van der Waals surface area contributed by atoms with Crippen molar-refractivity contribution >= 4 is 5.78 Å². The molecule has 2 aliphatic rings. The van der Waals surface area contributed by atoms with E-state index in [0.29, 0.717) is 13.0 Å². The summed E-state index contributed by atoms with van der Waals surface area (Å²) in [5.41, 5.74) is 1.27. The van der Waals surface area contributed by atoms with Crippen LogP contribution in [0.1, 0.15) is 48.0 Å². The fraction of sp³-hybridized carbons (Fsp3) is 0.533. The Bertz CT molecular complexity index is 473. The number of carbonyl (C=O) groups excluding carboxylic acids is 1. The van der Waals surface area contributed by atoms with Crippen molar-refractivity contribution in [2.45, 2.75) is 44.1 Å². The minimum absolute atomic E-state index is 0.228. The predicted octanol–water partition coefficient (Wildman–Crippen LogP) is 2.50. The standard InChI is InChI=1S/C15H18O3/c16-14-6-3-11-9-12(4-5-13(11)14)18-10-15(17)7-1-2-8-15/h4-5,9,17H,1-3,6-8,10H2. The lowest BCUT2D eigenvalue weighted by Gasteiger charge is -2.22. The van der Waals surface area contributed by atoms with Crippen LogP contribution in [0.3, 0.4) is 0 Å². The van der Waals surface area contributed by atoms with E-state index in [1.165, 1.54) is 0 Å². The molecule has 2 aliphatic carbocycles. The Balaban J connectivity index is 1.69. The van der Waals surface area contributed by atoms with Crippen molar-refractivity contribution < 1.29 is 14.6 Å². The van der Waals surface area contributed by atoms with Gasteiger partial charge in [0.25, 0.3) is 0 Å². The number of hydrogen-bond acceptors (Lipinski definition) is 3. The van der Waals surface area contributed by atoms with E-state index in [9.17, 15) is 9.90 Å². The van der Waals surface area contributed by atoms with Gasteiger partial charge in [-0.05, 0) is 43.0 Å². The highest BCUT2D eigenvalue weighted by Crippen LogP contribution is 2.31. The van der Waals surface area contributed by atoms with Crippen molar-refractivity contribution in [3.05, 3.63) is 29.3 Å². The van der Waals surface area contributed by atoms with Crippen molar-refractivity contribution in [1.82, 2.24) is 0 Å². The number of carbonyl (C=O) groups is 1. The Kier molecular flexibility index (Phi) is 2.86. The Labute approximate surface area is 107 Å². The molecular formula is C15H18O3. The summed E-state index contributed by atoms with van der Waals surface area (Å²) in [5.74, 6) is 0.995. The van der Waals surface area contributed by atoms with Crippen LogP contribution < -0.4 is 4.74 Å². The third-order valence-corrected chi connectivity index (χ3v) is 4.04. The fourth-order valence-electron chi connectivity index (χ4n) is 2.92. The second-order valence-corrected chi connectivity index (χ2v) is 5.46. The van der Waals surface area contributed by atoms with Gasteiger partial charge in [-0.15, -0.1) is 0 Å². The molecule has 1 aromatic carbocycles. The van der Waals surface area contributed by atoms with E-state index in [0.717, 1.165) is 49.0 Å². The number of ether oxygens (including phenoxy) is 1. The molecule has 1 aromatic rings. The average molecular weight is 246 g/mol. The van der Waals surface area contributed by atoms with Gasteiger partial charge in [0.15, 0.2) is 5.78 Å². The van der Waals surface area contributed by atoms with Crippen LogP contribution in [0.25, 0.3) is 0 Å². The van der Waals surface area contributed by atoms with Gasteiger partial charge in [0.2, 0.25) is 0 Å². The molecule has 18 heavy (non-hydrogen) atoms. The van der Waals surface area contributed by atoms with Crippen molar-refractivity contribution in [2.24, 2.45) is 0 Å². The lowest BCUT2D eigenvalue weighted by molar-refractivity contribution is 0.00138. The maximum atomic E-state index is 11.5. The van der Waals surface area contributed by atoms with Crippen molar-refractivity contribution in [1.29, 1.82) is 0 Å². The SMILES string of the molecule is O=C1CCc2cc(OCC3(O)CCCC3)ccc21. The summed E-state index contributed by atoms with van der Waals surface area (Å²) in [5, 5.41) is 10.2. The molecule has 96 valence electrons. The highest BCUT2D eigenvalue weighted by atomic mass is 16.5. The monoisotopic (exact) mass is 246 g/mol. The summed E-state index contributed by atoms with van der Waals surface area (Å²) >= 11 is 0. The zero-order valence-corrected chi connectivity index (χ0v) is 10.4. The maximum Gasteiger partial charge on any atom is 0.163 e. The fourth-order valence-corrected chi connectivity index (χ4v) is 2.92. The molecule has 0 spiro atoms. The van der Waals surface area contributed by atoms with Gasteiger partial charge in [-0.3, -0.25) is 4.79 Å². The van der Waals surface area contributed by atoms with Crippen molar-refractivity contribution in [2.75, 3.05) is 6.61 Å². The molecule has 0 aliphatic heterocycles. The number of aryl methyl sites for hydroxylation is 1. The molecule has 1 fully saturated rings. The van der Waals surface area contributed by atoms with Crippen molar-refractivity contribution in [3.63, 3.8) is 0 Å². The molecule has 0 bridgehead atoms. The number of benzene rings is 1. The lowest BCUT2D eigenvalue weighted by atomic mass is 10.0. The van der Waals surface area contributed by atoms with Crippen LogP contribution in [-0.2, 0) is 6.42 Å². The minimum atomic E-state index is -0.644. The van der Waals surface area contributed by atoms with Crippen LogP contribution in [0.2, 0.25) is 0 Å². The Morgan fingerprint density at radius 3 is 2.78 bits per heavy atom. The third kappa shape index (κ3) is 2.15. The van der Waals surface area contributed by atoms with E-state index in [1.54, 1.807) is 0 Å². The first kappa shape index (κ1) is 11.7. The number of ketones is 1. The zero-order chi connectivity index (χ0) is 12.6. The smallest absolute Gasteiger partial charge is 0.163 e. The maximum absolute atomic E-state index is 11.5. The molecule has 0 saturated heterocycles. The quantitative estimate of drug-likeness (QED) is 0.891. The normalized spacial score (nSPS) is 21.1. The van der Waals surface area contributed by atoms with E-state index in [4.69, 9.17) is 4.74 Å². The van der Waals surface area contributed by atoms with E-state index < -0.39 is 5.60 Å². The van der Waals surface area contributed by atoms with E-state index in [-0.39, 0.29) is 5.78 Å². The average Bonchev–Trinajstić information content (AvgIpc) is 2.95. The van der Waals surface area contributed by atoms with Gasteiger partial charge in [-0.25, -0.2) is 0 Å². The first-order chi connectivity index (χ1) is 8.66. The van der Waals surface area contributed by atoms with Crippen LogP contribution in [0.4, 0.5) is 0 Å². The Morgan fingerprint density at radius 1 is 1.22 bits per heavy atom. The summed E-state index contributed by atoms with van der Waals surface area (Å²) in [6.07, 6.45) is 5.25. The molecule has 3 heteroatoms. The first-order valence-corrected chi connectivity index (χ1v) is 6.68. The highest BCUT2D eigenvalue weighted by molar-refractivity contribution is 6.00. The number of fused-ring (bicyclic) bond motifs is 1. The van der Waals surface area contributed by atoms with Gasteiger partial charge in [0, 0.05) is 12.0 Å². The van der Waals surface area contributed by atoms with Crippen LogP contribution >= 0.6 is 0 Å². The van der Waals surface area contributed by atoms with Gasteiger partial charge in [0.1, 0.15) is 12.4 Å². The number of rotatable bonds is 3. The molecule has 0 amide bonds. The van der Waals surface area contributed by atoms with Gasteiger partial charge in [0.05, 0.1) is 5.60 Å². The lowest BCUT2D eigenvalue weighted by Crippen LogP contribution is -2.32. The molecule has 3 nitrogen and oxygen atoms in total. The summed E-state index contributed by atoms with van der Waals surface area (Å²) in [6.45, 7) is 0.361. The predicted molar refractivity (Wildman–Crippen MR) is 68.0 cm³/mol. The van der Waals surface area contributed by atoms with Gasteiger partial charge < -0.3 is 9.84 Å². The number of Topliss-reactive ketones (excluding diaryl/α,β-unsaturated/α-hetero) is 1. The molecule has 0 atom stereocenters. The summed E-state index contributed by atoms with van der Waals surface area (Å²) < 4.78 is 5.69. The molecule has 1 N–H and O–H groups in total. The summed E-state index contributed by atoms with van der Waals surface area (Å²) in [6, 6.07) is 5.62. The van der Waals surface area contributed by atoms with Crippen LogP contribution in [0.5, 0.6) is 5.75 Å². The molecule has 3 rings (SSSR count). The van der Waals surface area contributed by atoms with Crippen LogP contribution in [0.15, 0.2) is 18.2 Å². The number of hydrogen-bond donors (Lipinski definition) is 1. The highest BCUT2D eigenvalue weighted by Gasteiger charge is 2.32. The zero-order valence-electron chi connectivity index (χ0n) is 10.4. The molecule has 0 aromatic heterocycles. The molecule has 0 heterocycles. The van der Waals surface area contributed by atoms with Gasteiger partial charge in [-0.1, -0.05) is 12.8 Å². The second kappa shape index (κ2) is 4.39. The minimum Gasteiger partial charge on any atom is -0.491 e. The van der Waals surface area contributed by atoms with E-state index in [2.05, 4.69) is 0 Å². The Morgan fingerprint density at radius 2 is 2.00 bits per heavy atom. The summed E-state index contributed by atoms with van der Waals surface area (Å²) in [7, 11) is 0. The van der Waals surface area contributed by atoms with E-state index >= 15 is 0 Å². The van der Waals surface area contributed by atoms with Crippen molar-refractivity contribution in [3.8, 4) is 5.75 Å². The molecule has 0 unspecified atom stereocenters. The van der Waals surface area contributed by atoms with E-state index in [1.807, 2.05) is 18.2 Å². The van der Waals surface area contributed by atoms with Crippen LogP contribution in [0, 0.1) is 0 Å². The van der Waals surface area contributed by atoms with Gasteiger partial charge >= 0.3 is 0 Å². The van der Waals surface area contributed by atoms with Crippen LogP contribution in [-0.4, -0.2) is 23.1 Å². The molecular weight excluding hydrogens is 228 g/mol. The largest absolute Gasteiger partial charge is 0.491 e. The third-order valence-electron chi connectivity index (χ3n) is 4.04. The van der Waals surface area contributed by atoms with Gasteiger partial charge in [-0.2, -0.15) is 0 Å². The number of aliphatic hydroxyl groups is 1. The molecule has 1 saturated carbocycles. The Hall–Kier alpha value is -1.35.